The normalized spacial score (nSPS) is 12.8. The number of rotatable bonds is 15. The molecule has 0 rings (SSSR count). The van der Waals surface area contributed by atoms with E-state index in [-0.39, 0.29) is 13.2 Å². The number of hydrogen-bond acceptors (Lipinski definition) is 2. The lowest BCUT2D eigenvalue weighted by atomic mass is 9.96. The summed E-state index contributed by atoms with van der Waals surface area (Å²) in [5.74, 6) is 0.418. The van der Waals surface area contributed by atoms with Crippen LogP contribution in [0.2, 0.25) is 0 Å². The van der Waals surface area contributed by atoms with Crippen molar-refractivity contribution in [2.75, 3.05) is 13.2 Å². The SMILES string of the molecule is CCCCCCCCCCCCC(CO)CCCO. The van der Waals surface area contributed by atoms with Gasteiger partial charge in [0.25, 0.3) is 0 Å². The van der Waals surface area contributed by atoms with Crippen LogP contribution in [0.15, 0.2) is 0 Å². The highest BCUT2D eigenvalue weighted by Crippen LogP contribution is 2.16. The Morgan fingerprint density at radius 2 is 1.11 bits per heavy atom. The van der Waals surface area contributed by atoms with Gasteiger partial charge < -0.3 is 10.2 Å². The Morgan fingerprint density at radius 3 is 1.58 bits per heavy atom. The fraction of sp³-hybridized carbons (Fsp3) is 1.00. The van der Waals surface area contributed by atoms with Gasteiger partial charge in [-0.25, -0.2) is 0 Å². The molecule has 19 heavy (non-hydrogen) atoms. The largest absolute Gasteiger partial charge is 0.396 e. The minimum atomic E-state index is 0.258. The fourth-order valence-corrected chi connectivity index (χ4v) is 2.63. The second-order valence-corrected chi connectivity index (χ2v) is 5.89. The van der Waals surface area contributed by atoms with Crippen molar-refractivity contribution in [1.29, 1.82) is 0 Å². The number of aliphatic hydroxyl groups excluding tert-OH is 2. The summed E-state index contributed by atoms with van der Waals surface area (Å²) < 4.78 is 0. The molecule has 0 aromatic heterocycles. The quantitative estimate of drug-likeness (QED) is 0.425. The van der Waals surface area contributed by atoms with E-state index in [1.54, 1.807) is 0 Å². The van der Waals surface area contributed by atoms with Crippen LogP contribution in [0.5, 0.6) is 0 Å². The second kappa shape index (κ2) is 16.0. The molecule has 0 saturated heterocycles. The fourth-order valence-electron chi connectivity index (χ4n) is 2.63. The average molecular weight is 272 g/mol. The summed E-state index contributed by atoms with van der Waals surface area (Å²) >= 11 is 0. The van der Waals surface area contributed by atoms with Crippen LogP contribution in [0.4, 0.5) is 0 Å². The van der Waals surface area contributed by atoms with Crippen LogP contribution in [0.3, 0.4) is 0 Å². The maximum atomic E-state index is 9.21. The third-order valence-electron chi connectivity index (χ3n) is 3.99. The molecule has 0 spiro atoms. The summed E-state index contributed by atoms with van der Waals surface area (Å²) in [7, 11) is 0. The third kappa shape index (κ3) is 14.1. The Hall–Kier alpha value is -0.0800. The molecule has 2 heteroatoms. The van der Waals surface area contributed by atoms with Gasteiger partial charge in [-0.05, 0) is 25.2 Å². The van der Waals surface area contributed by atoms with Crippen LogP contribution in [-0.2, 0) is 0 Å². The summed E-state index contributed by atoms with van der Waals surface area (Å²) in [4.78, 5) is 0. The predicted octanol–water partition coefficient (Wildman–Crippen LogP) is 4.68. The summed E-state index contributed by atoms with van der Waals surface area (Å²) in [6.45, 7) is 2.81. The molecule has 0 bridgehead atoms. The van der Waals surface area contributed by atoms with Crippen molar-refractivity contribution >= 4 is 0 Å². The van der Waals surface area contributed by atoms with Crippen molar-refractivity contribution < 1.29 is 10.2 Å². The van der Waals surface area contributed by atoms with Gasteiger partial charge in [0.1, 0.15) is 0 Å². The topological polar surface area (TPSA) is 40.5 Å². The zero-order chi connectivity index (χ0) is 14.2. The van der Waals surface area contributed by atoms with Gasteiger partial charge in [0.05, 0.1) is 0 Å². The molecule has 0 amide bonds. The zero-order valence-electron chi connectivity index (χ0n) is 13.1. The van der Waals surface area contributed by atoms with E-state index >= 15 is 0 Å². The lowest BCUT2D eigenvalue weighted by Gasteiger charge is -2.12. The number of aliphatic hydroxyl groups is 2. The highest BCUT2D eigenvalue weighted by molar-refractivity contribution is 4.58. The molecule has 2 nitrogen and oxygen atoms in total. The summed E-state index contributed by atoms with van der Waals surface area (Å²) in [6.07, 6.45) is 16.6. The van der Waals surface area contributed by atoms with Gasteiger partial charge in [0, 0.05) is 13.2 Å². The minimum absolute atomic E-state index is 0.258. The van der Waals surface area contributed by atoms with Crippen LogP contribution in [0.25, 0.3) is 0 Å². The molecule has 0 radical (unpaired) electrons. The predicted molar refractivity (Wildman–Crippen MR) is 83.4 cm³/mol. The molecule has 1 unspecified atom stereocenters. The first-order valence-corrected chi connectivity index (χ1v) is 8.56. The second-order valence-electron chi connectivity index (χ2n) is 5.89. The Bertz CT molecular complexity index is 159. The molecular formula is C17H36O2. The molecule has 0 saturated carbocycles. The van der Waals surface area contributed by atoms with Gasteiger partial charge in [-0.1, -0.05) is 71.1 Å². The van der Waals surface area contributed by atoms with Gasteiger partial charge in [0.15, 0.2) is 0 Å². The van der Waals surface area contributed by atoms with Gasteiger partial charge in [-0.2, -0.15) is 0 Å². The van der Waals surface area contributed by atoms with E-state index in [0.717, 1.165) is 19.3 Å². The van der Waals surface area contributed by atoms with Gasteiger partial charge in [-0.3, -0.25) is 0 Å². The van der Waals surface area contributed by atoms with E-state index in [1.807, 2.05) is 0 Å². The Labute approximate surface area is 120 Å². The Kier molecular flexibility index (Phi) is 15.9. The van der Waals surface area contributed by atoms with Gasteiger partial charge in [0.2, 0.25) is 0 Å². The van der Waals surface area contributed by atoms with Crippen molar-refractivity contribution in [2.24, 2.45) is 5.92 Å². The summed E-state index contributed by atoms with van der Waals surface area (Å²) in [5, 5.41) is 18.0. The van der Waals surface area contributed by atoms with E-state index in [9.17, 15) is 5.11 Å². The molecule has 1 atom stereocenters. The van der Waals surface area contributed by atoms with Crippen molar-refractivity contribution in [3.8, 4) is 0 Å². The smallest absolute Gasteiger partial charge is 0.0459 e. The van der Waals surface area contributed by atoms with Crippen molar-refractivity contribution in [3.63, 3.8) is 0 Å². The van der Waals surface area contributed by atoms with Crippen LogP contribution in [0, 0.1) is 5.92 Å². The van der Waals surface area contributed by atoms with Gasteiger partial charge in [-0.15, -0.1) is 0 Å². The monoisotopic (exact) mass is 272 g/mol. The van der Waals surface area contributed by atoms with Crippen molar-refractivity contribution in [3.05, 3.63) is 0 Å². The molecule has 0 aromatic rings. The molecule has 0 aliphatic rings. The zero-order valence-corrected chi connectivity index (χ0v) is 13.1. The summed E-state index contributed by atoms with van der Waals surface area (Å²) in [6, 6.07) is 0. The molecule has 116 valence electrons. The third-order valence-corrected chi connectivity index (χ3v) is 3.99. The number of hydrogen-bond donors (Lipinski definition) is 2. The van der Waals surface area contributed by atoms with E-state index in [2.05, 4.69) is 6.92 Å². The highest BCUT2D eigenvalue weighted by Gasteiger charge is 2.06. The van der Waals surface area contributed by atoms with E-state index < -0.39 is 0 Å². The molecule has 0 heterocycles. The van der Waals surface area contributed by atoms with E-state index in [1.165, 1.54) is 64.2 Å². The standard InChI is InChI=1S/C17H36O2/c1-2-3-4-5-6-7-8-9-10-11-13-17(16-19)14-12-15-18/h17-19H,2-16H2,1H3. The first kappa shape index (κ1) is 18.9. The Morgan fingerprint density at radius 1 is 0.632 bits per heavy atom. The summed E-state index contributed by atoms with van der Waals surface area (Å²) in [5.41, 5.74) is 0. The first-order valence-electron chi connectivity index (χ1n) is 8.56. The van der Waals surface area contributed by atoms with E-state index in [4.69, 9.17) is 5.11 Å². The maximum Gasteiger partial charge on any atom is 0.0459 e. The first-order chi connectivity index (χ1) is 9.35. The Balaban J connectivity index is 3.16. The highest BCUT2D eigenvalue weighted by atomic mass is 16.3. The number of unbranched alkanes of at least 4 members (excludes halogenated alkanes) is 9. The molecule has 0 aromatic carbocycles. The molecule has 2 N–H and O–H groups in total. The van der Waals surface area contributed by atoms with Crippen molar-refractivity contribution in [1.82, 2.24) is 0 Å². The average Bonchev–Trinajstić information content (AvgIpc) is 2.44. The lowest BCUT2D eigenvalue weighted by Crippen LogP contribution is -2.06. The van der Waals surface area contributed by atoms with E-state index in [0.29, 0.717) is 5.92 Å². The van der Waals surface area contributed by atoms with Crippen LogP contribution in [0.1, 0.15) is 90.4 Å². The van der Waals surface area contributed by atoms with Crippen molar-refractivity contribution in [2.45, 2.75) is 90.4 Å². The molecule has 0 aliphatic carbocycles. The minimum Gasteiger partial charge on any atom is -0.396 e. The van der Waals surface area contributed by atoms with Crippen LogP contribution < -0.4 is 0 Å². The maximum absolute atomic E-state index is 9.21. The lowest BCUT2D eigenvalue weighted by molar-refractivity contribution is 0.191. The molecular weight excluding hydrogens is 236 g/mol. The molecule has 0 aliphatic heterocycles. The van der Waals surface area contributed by atoms with Crippen LogP contribution in [-0.4, -0.2) is 23.4 Å². The molecule has 0 fully saturated rings. The van der Waals surface area contributed by atoms with Crippen LogP contribution >= 0.6 is 0 Å². The van der Waals surface area contributed by atoms with Gasteiger partial charge >= 0.3 is 0 Å².